The molecular formula is C19H21N5O5. The highest BCUT2D eigenvalue weighted by atomic mass is 16.5. The molecule has 2 heterocycles. The van der Waals surface area contributed by atoms with Crippen molar-refractivity contribution in [2.24, 2.45) is 0 Å². The first-order chi connectivity index (χ1) is 14.0. The van der Waals surface area contributed by atoms with Crippen molar-refractivity contribution in [3.05, 3.63) is 42.7 Å². The van der Waals surface area contributed by atoms with E-state index in [9.17, 15) is 14.4 Å². The maximum atomic E-state index is 12.7. The van der Waals surface area contributed by atoms with Crippen molar-refractivity contribution in [2.45, 2.75) is 6.10 Å². The summed E-state index contributed by atoms with van der Waals surface area (Å²) in [6, 6.07) is 8.54. The minimum atomic E-state index is -0.851. The second kappa shape index (κ2) is 9.00. The second-order valence-electron chi connectivity index (χ2n) is 6.26. The number of carbonyl (C=O) groups excluding carboxylic acids is 3. The molecule has 0 spiro atoms. The predicted molar refractivity (Wildman–Crippen MR) is 104 cm³/mol. The molecule has 1 aromatic carbocycles. The third-order valence-electron chi connectivity index (χ3n) is 4.23. The maximum Gasteiger partial charge on any atom is 0.326 e. The molecule has 1 aromatic heterocycles. The van der Waals surface area contributed by atoms with Crippen LogP contribution in [0.25, 0.3) is 0 Å². The zero-order valence-corrected chi connectivity index (χ0v) is 16.1. The molecular weight excluding hydrogens is 378 g/mol. The molecule has 0 saturated heterocycles. The van der Waals surface area contributed by atoms with Crippen molar-refractivity contribution in [3.8, 4) is 5.75 Å². The minimum absolute atomic E-state index is 0.0187. The van der Waals surface area contributed by atoms with E-state index in [2.05, 4.69) is 15.3 Å². The summed E-state index contributed by atoms with van der Waals surface area (Å²) in [7, 11) is 3.14. The number of rotatable bonds is 6. The fourth-order valence-electron chi connectivity index (χ4n) is 2.79. The largest absolute Gasteiger partial charge is 0.477 e. The smallest absolute Gasteiger partial charge is 0.326 e. The van der Waals surface area contributed by atoms with Crippen LogP contribution in [0.4, 0.5) is 11.6 Å². The van der Waals surface area contributed by atoms with Gasteiger partial charge in [-0.2, -0.15) is 0 Å². The first-order valence-electron chi connectivity index (χ1n) is 8.91. The van der Waals surface area contributed by atoms with Crippen LogP contribution < -0.4 is 19.9 Å². The van der Waals surface area contributed by atoms with Crippen LogP contribution in [0.1, 0.15) is 0 Å². The lowest BCUT2D eigenvalue weighted by molar-refractivity contribution is -0.146. The Labute approximate surface area is 167 Å². The Balaban J connectivity index is 1.62. The van der Waals surface area contributed by atoms with E-state index in [1.54, 1.807) is 49.8 Å². The molecule has 2 aromatic rings. The quantitative estimate of drug-likeness (QED) is 0.675. The van der Waals surface area contributed by atoms with Crippen LogP contribution in [0.15, 0.2) is 42.7 Å². The number of nitrogens with one attached hydrogen (secondary N) is 1. The molecule has 29 heavy (non-hydrogen) atoms. The van der Waals surface area contributed by atoms with Gasteiger partial charge in [-0.15, -0.1) is 0 Å². The number of carbonyl (C=O) groups is 3. The third-order valence-corrected chi connectivity index (χ3v) is 4.23. The second-order valence-corrected chi connectivity index (χ2v) is 6.26. The lowest BCUT2D eigenvalue weighted by Crippen LogP contribution is -2.51. The van der Waals surface area contributed by atoms with E-state index < -0.39 is 24.6 Å². The van der Waals surface area contributed by atoms with Crippen LogP contribution in [-0.2, 0) is 19.1 Å². The normalized spacial score (nSPS) is 15.0. The summed E-state index contributed by atoms with van der Waals surface area (Å²) < 4.78 is 10.8. The van der Waals surface area contributed by atoms with E-state index in [0.717, 1.165) is 0 Å². The van der Waals surface area contributed by atoms with Gasteiger partial charge in [0.15, 0.2) is 12.7 Å². The Morgan fingerprint density at radius 2 is 1.97 bits per heavy atom. The molecule has 0 bridgehead atoms. The van der Waals surface area contributed by atoms with E-state index in [-0.39, 0.29) is 19.0 Å². The van der Waals surface area contributed by atoms with Gasteiger partial charge in [0.25, 0.3) is 11.8 Å². The number of esters is 1. The van der Waals surface area contributed by atoms with Gasteiger partial charge in [0.2, 0.25) is 5.95 Å². The van der Waals surface area contributed by atoms with Gasteiger partial charge in [-0.3, -0.25) is 14.4 Å². The van der Waals surface area contributed by atoms with E-state index in [0.29, 0.717) is 17.4 Å². The number of amides is 2. The Morgan fingerprint density at radius 1 is 1.24 bits per heavy atom. The van der Waals surface area contributed by atoms with Gasteiger partial charge in [0.1, 0.15) is 12.3 Å². The molecule has 152 valence electrons. The molecule has 2 amide bonds. The SMILES string of the molecule is CNC(=O)C1CN(C(=O)COC(=O)CN(C)c2ncccn2)c2ccccc2O1. The summed E-state index contributed by atoms with van der Waals surface area (Å²) in [6.07, 6.45) is 2.27. The molecule has 0 aliphatic carbocycles. The zero-order valence-electron chi connectivity index (χ0n) is 16.1. The average Bonchev–Trinajstić information content (AvgIpc) is 2.76. The molecule has 0 fully saturated rings. The van der Waals surface area contributed by atoms with Gasteiger partial charge in [-0.25, -0.2) is 9.97 Å². The van der Waals surface area contributed by atoms with Gasteiger partial charge in [-0.05, 0) is 18.2 Å². The average molecular weight is 399 g/mol. The molecule has 1 N–H and O–H groups in total. The molecule has 1 aliphatic rings. The summed E-state index contributed by atoms with van der Waals surface area (Å²) in [4.78, 5) is 47.8. The number of benzene rings is 1. The van der Waals surface area contributed by atoms with Crippen molar-refractivity contribution in [2.75, 3.05) is 43.6 Å². The van der Waals surface area contributed by atoms with Gasteiger partial charge in [0, 0.05) is 26.5 Å². The monoisotopic (exact) mass is 399 g/mol. The standard InChI is InChI=1S/C19H21N5O5/c1-20-18(27)15-10-24(13-6-3-4-7-14(13)29-15)16(25)12-28-17(26)11-23(2)19-21-8-5-9-22-19/h3-9,15H,10-12H2,1-2H3,(H,20,27). The van der Waals surface area contributed by atoms with E-state index in [1.165, 1.54) is 16.8 Å². The van der Waals surface area contributed by atoms with Crippen LogP contribution in [-0.4, -0.2) is 67.6 Å². The first-order valence-corrected chi connectivity index (χ1v) is 8.91. The first kappa shape index (κ1) is 20.1. The fraction of sp³-hybridized carbons (Fsp3) is 0.316. The Bertz CT molecular complexity index is 892. The minimum Gasteiger partial charge on any atom is -0.477 e. The van der Waals surface area contributed by atoms with Crippen LogP contribution in [0.5, 0.6) is 5.75 Å². The van der Waals surface area contributed by atoms with E-state index in [4.69, 9.17) is 9.47 Å². The number of hydrogen-bond donors (Lipinski definition) is 1. The lowest BCUT2D eigenvalue weighted by Gasteiger charge is -2.33. The van der Waals surface area contributed by atoms with Crippen LogP contribution in [0.3, 0.4) is 0 Å². The number of likely N-dealkylation sites (N-methyl/N-ethyl adjacent to an activating group) is 2. The number of hydrogen-bond acceptors (Lipinski definition) is 8. The molecule has 1 atom stereocenters. The number of anilines is 2. The lowest BCUT2D eigenvalue weighted by atomic mass is 10.1. The molecule has 1 aliphatic heterocycles. The molecule has 1 unspecified atom stereocenters. The van der Waals surface area contributed by atoms with Crippen molar-refractivity contribution >= 4 is 29.4 Å². The van der Waals surface area contributed by atoms with Gasteiger partial charge < -0.3 is 24.6 Å². The number of para-hydroxylation sites is 2. The highest BCUT2D eigenvalue weighted by molar-refractivity contribution is 5.98. The van der Waals surface area contributed by atoms with Gasteiger partial charge in [-0.1, -0.05) is 12.1 Å². The Hall–Kier alpha value is -3.69. The Morgan fingerprint density at radius 3 is 2.69 bits per heavy atom. The van der Waals surface area contributed by atoms with Crippen LogP contribution in [0, 0.1) is 0 Å². The van der Waals surface area contributed by atoms with Crippen molar-refractivity contribution in [3.63, 3.8) is 0 Å². The van der Waals surface area contributed by atoms with E-state index in [1.807, 2.05) is 0 Å². The fourth-order valence-corrected chi connectivity index (χ4v) is 2.79. The summed E-state index contributed by atoms with van der Waals surface area (Å²) in [6.45, 7) is -0.556. The zero-order chi connectivity index (χ0) is 20.8. The van der Waals surface area contributed by atoms with E-state index >= 15 is 0 Å². The van der Waals surface area contributed by atoms with Crippen molar-refractivity contribution in [1.82, 2.24) is 15.3 Å². The summed E-state index contributed by atoms with van der Waals surface area (Å²) in [5.74, 6) is -0.627. The topological polar surface area (TPSA) is 114 Å². The summed E-state index contributed by atoms with van der Waals surface area (Å²) >= 11 is 0. The molecule has 10 heteroatoms. The van der Waals surface area contributed by atoms with Gasteiger partial charge >= 0.3 is 5.97 Å². The van der Waals surface area contributed by atoms with Crippen LogP contribution in [0.2, 0.25) is 0 Å². The third kappa shape index (κ3) is 4.78. The molecule has 10 nitrogen and oxygen atoms in total. The number of aromatic nitrogens is 2. The Kier molecular flexibility index (Phi) is 6.22. The maximum absolute atomic E-state index is 12.7. The highest BCUT2D eigenvalue weighted by Crippen LogP contribution is 2.33. The number of nitrogens with zero attached hydrogens (tertiary/aromatic N) is 4. The molecule has 0 radical (unpaired) electrons. The number of ether oxygens (including phenoxy) is 2. The summed E-state index contributed by atoms with van der Waals surface area (Å²) in [5.41, 5.74) is 0.517. The summed E-state index contributed by atoms with van der Waals surface area (Å²) in [5, 5.41) is 2.51. The highest BCUT2D eigenvalue weighted by Gasteiger charge is 2.33. The van der Waals surface area contributed by atoms with Crippen molar-refractivity contribution in [1.29, 1.82) is 0 Å². The van der Waals surface area contributed by atoms with Gasteiger partial charge in [0.05, 0.1) is 12.2 Å². The predicted octanol–water partition coefficient (Wildman–Crippen LogP) is -0.00380. The number of fused-ring (bicyclic) bond motifs is 1. The molecule has 3 rings (SSSR count). The van der Waals surface area contributed by atoms with Crippen LogP contribution >= 0.6 is 0 Å². The molecule has 0 saturated carbocycles. The van der Waals surface area contributed by atoms with Crippen molar-refractivity contribution < 1.29 is 23.9 Å².